The van der Waals surface area contributed by atoms with Crippen molar-refractivity contribution in [2.75, 3.05) is 18.0 Å². The van der Waals surface area contributed by atoms with Crippen molar-refractivity contribution in [3.05, 3.63) is 78.5 Å². The second-order valence-corrected chi connectivity index (χ2v) is 9.33. The van der Waals surface area contributed by atoms with Crippen LogP contribution >= 0.6 is 0 Å². The molecule has 3 N–H and O–H groups in total. The number of hydrogen-bond donors (Lipinski definition) is 3. The van der Waals surface area contributed by atoms with Crippen molar-refractivity contribution in [2.45, 2.75) is 23.8 Å². The number of sulfonamides is 1. The number of nitrogens with one attached hydrogen (secondary N) is 2. The first-order valence-electron chi connectivity index (χ1n) is 10.3. The van der Waals surface area contributed by atoms with Gasteiger partial charge in [-0.05, 0) is 48.2 Å². The summed E-state index contributed by atoms with van der Waals surface area (Å²) in [6, 6.07) is 19.8. The third-order valence-corrected chi connectivity index (χ3v) is 7.06. The van der Waals surface area contributed by atoms with Crippen LogP contribution in [0.4, 0.5) is 5.82 Å². The lowest BCUT2D eigenvalue weighted by molar-refractivity contribution is 0.0706. The van der Waals surface area contributed by atoms with Crippen LogP contribution < -0.4 is 15.1 Å². The van der Waals surface area contributed by atoms with Crippen molar-refractivity contribution in [3.8, 4) is 11.1 Å². The molecule has 0 bridgehead atoms. The second-order valence-electron chi connectivity index (χ2n) is 7.62. The van der Waals surface area contributed by atoms with E-state index in [1.165, 1.54) is 6.20 Å². The summed E-state index contributed by atoms with van der Waals surface area (Å²) in [7, 11) is -3.61. The van der Waals surface area contributed by atoms with Crippen molar-refractivity contribution >= 4 is 21.7 Å². The number of aromatic nitrogens is 1. The van der Waals surface area contributed by atoms with Gasteiger partial charge in [0.1, 0.15) is 5.82 Å². The average molecular weight is 453 g/mol. The Balaban J connectivity index is 1.35. The van der Waals surface area contributed by atoms with Gasteiger partial charge in [0.25, 0.3) is 5.91 Å². The van der Waals surface area contributed by atoms with Gasteiger partial charge in [-0.25, -0.2) is 23.6 Å². The first-order valence-corrected chi connectivity index (χ1v) is 11.8. The number of pyridine rings is 1. The molecular formula is C23H24N4O4S. The minimum absolute atomic E-state index is 0.163. The van der Waals surface area contributed by atoms with E-state index in [-0.39, 0.29) is 16.5 Å². The molecule has 0 aliphatic carbocycles. The Morgan fingerprint density at radius 2 is 1.59 bits per heavy atom. The van der Waals surface area contributed by atoms with Gasteiger partial charge in [0.05, 0.1) is 10.5 Å². The zero-order valence-electron chi connectivity index (χ0n) is 17.3. The highest BCUT2D eigenvalue weighted by molar-refractivity contribution is 7.89. The summed E-state index contributed by atoms with van der Waals surface area (Å²) in [5, 5.41) is 8.68. The van der Waals surface area contributed by atoms with E-state index in [9.17, 15) is 13.2 Å². The second kappa shape index (κ2) is 9.47. The molecule has 4 rings (SSSR count). The molecule has 0 spiro atoms. The highest BCUT2D eigenvalue weighted by Gasteiger charge is 2.25. The Bertz CT molecular complexity index is 1160. The SMILES string of the molecule is O=C(NO)c1ccc(N2CCC(NS(=O)(=O)c3ccc(-c4ccccc4)cc3)CC2)nc1. The van der Waals surface area contributed by atoms with Gasteiger partial charge in [0.15, 0.2) is 0 Å². The lowest BCUT2D eigenvalue weighted by Gasteiger charge is -2.33. The molecule has 166 valence electrons. The summed E-state index contributed by atoms with van der Waals surface area (Å²) >= 11 is 0. The fraction of sp³-hybridized carbons (Fsp3) is 0.217. The molecule has 9 heteroatoms. The van der Waals surface area contributed by atoms with Gasteiger partial charge >= 0.3 is 0 Å². The number of piperidine rings is 1. The van der Waals surface area contributed by atoms with Gasteiger partial charge in [0.2, 0.25) is 10.0 Å². The van der Waals surface area contributed by atoms with Crippen molar-refractivity contribution in [1.82, 2.24) is 15.2 Å². The number of hydroxylamine groups is 1. The van der Waals surface area contributed by atoms with E-state index in [1.54, 1.807) is 29.7 Å². The van der Waals surface area contributed by atoms with Crippen LogP contribution in [-0.4, -0.2) is 43.6 Å². The molecule has 0 radical (unpaired) electrons. The highest BCUT2D eigenvalue weighted by Crippen LogP contribution is 2.23. The van der Waals surface area contributed by atoms with E-state index in [0.717, 1.165) is 11.1 Å². The third kappa shape index (κ3) is 4.96. The molecule has 2 aromatic carbocycles. The largest absolute Gasteiger partial charge is 0.357 e. The standard InChI is InChI=1S/C23H24N4O4S/c28-23(25-29)19-8-11-22(24-16-19)27-14-12-20(13-15-27)26-32(30,31)21-9-6-18(7-10-21)17-4-2-1-3-5-17/h1-11,16,20,26,29H,12-15H2,(H,25,28). The quantitative estimate of drug-likeness (QED) is 0.392. The van der Waals surface area contributed by atoms with Crippen molar-refractivity contribution < 1.29 is 18.4 Å². The first-order chi connectivity index (χ1) is 15.5. The summed E-state index contributed by atoms with van der Waals surface area (Å²) in [6.45, 7) is 1.28. The Morgan fingerprint density at radius 1 is 0.938 bits per heavy atom. The molecule has 0 unspecified atom stereocenters. The normalized spacial score (nSPS) is 14.8. The van der Waals surface area contributed by atoms with Crippen molar-refractivity contribution in [3.63, 3.8) is 0 Å². The molecule has 0 atom stereocenters. The molecule has 0 saturated carbocycles. The molecule has 1 amide bonds. The number of nitrogens with zero attached hydrogens (tertiary/aromatic N) is 2. The fourth-order valence-corrected chi connectivity index (χ4v) is 5.05. The number of carbonyl (C=O) groups excluding carboxylic acids is 1. The zero-order valence-corrected chi connectivity index (χ0v) is 18.1. The molecule has 1 saturated heterocycles. The number of hydrogen-bond acceptors (Lipinski definition) is 6. The fourth-order valence-electron chi connectivity index (χ4n) is 3.74. The molecule has 2 heterocycles. The number of rotatable bonds is 6. The summed E-state index contributed by atoms with van der Waals surface area (Å²) in [5.41, 5.74) is 3.84. The van der Waals surface area contributed by atoms with Crippen LogP contribution in [0.25, 0.3) is 11.1 Å². The molecule has 1 aliphatic rings. The van der Waals surface area contributed by atoms with Crippen LogP contribution in [0.3, 0.4) is 0 Å². The van der Waals surface area contributed by atoms with Crippen LogP contribution in [0.1, 0.15) is 23.2 Å². The number of amides is 1. The smallest absolute Gasteiger partial charge is 0.276 e. The lowest BCUT2D eigenvalue weighted by Crippen LogP contribution is -2.44. The Morgan fingerprint density at radius 3 is 2.19 bits per heavy atom. The van der Waals surface area contributed by atoms with Gasteiger partial charge in [-0.3, -0.25) is 10.0 Å². The van der Waals surface area contributed by atoms with E-state index < -0.39 is 15.9 Å². The Kier molecular flexibility index (Phi) is 6.50. The minimum Gasteiger partial charge on any atom is -0.357 e. The minimum atomic E-state index is -3.61. The molecule has 8 nitrogen and oxygen atoms in total. The highest BCUT2D eigenvalue weighted by atomic mass is 32.2. The lowest BCUT2D eigenvalue weighted by atomic mass is 10.1. The molecule has 1 fully saturated rings. The van der Waals surface area contributed by atoms with Gasteiger partial charge < -0.3 is 4.90 Å². The maximum atomic E-state index is 12.8. The van der Waals surface area contributed by atoms with E-state index in [4.69, 9.17) is 5.21 Å². The first kappa shape index (κ1) is 21.9. The van der Waals surface area contributed by atoms with E-state index >= 15 is 0 Å². The van der Waals surface area contributed by atoms with Crippen LogP contribution in [0, 0.1) is 0 Å². The van der Waals surface area contributed by atoms with E-state index in [2.05, 4.69) is 9.71 Å². The van der Waals surface area contributed by atoms with Gasteiger partial charge in [0, 0.05) is 25.3 Å². The van der Waals surface area contributed by atoms with Crippen molar-refractivity contribution in [1.29, 1.82) is 0 Å². The summed E-state index contributed by atoms with van der Waals surface area (Å²) < 4.78 is 28.5. The number of carbonyl (C=O) groups is 1. The van der Waals surface area contributed by atoms with Crippen molar-refractivity contribution in [2.24, 2.45) is 0 Å². The van der Waals surface area contributed by atoms with Crippen LogP contribution in [0.15, 0.2) is 77.8 Å². The average Bonchev–Trinajstić information content (AvgIpc) is 2.84. The topological polar surface area (TPSA) is 112 Å². The van der Waals surface area contributed by atoms with Gasteiger partial charge in [-0.2, -0.15) is 0 Å². The predicted molar refractivity (Wildman–Crippen MR) is 121 cm³/mol. The predicted octanol–water partition coefficient (Wildman–Crippen LogP) is 2.81. The van der Waals surface area contributed by atoms with Gasteiger partial charge in [-0.15, -0.1) is 0 Å². The summed E-state index contributed by atoms with van der Waals surface area (Å²) in [4.78, 5) is 18.0. The number of benzene rings is 2. The van der Waals surface area contributed by atoms with E-state index in [1.807, 2.05) is 47.4 Å². The molecular weight excluding hydrogens is 428 g/mol. The third-order valence-electron chi connectivity index (χ3n) is 5.52. The maximum absolute atomic E-state index is 12.8. The Hall–Kier alpha value is -3.27. The Labute approximate surface area is 186 Å². The molecule has 32 heavy (non-hydrogen) atoms. The van der Waals surface area contributed by atoms with Crippen LogP contribution in [-0.2, 0) is 10.0 Å². The maximum Gasteiger partial charge on any atom is 0.276 e. The van der Waals surface area contributed by atoms with Gasteiger partial charge in [-0.1, -0.05) is 42.5 Å². The molecule has 3 aromatic rings. The zero-order chi connectivity index (χ0) is 22.6. The van der Waals surface area contributed by atoms with E-state index in [0.29, 0.717) is 31.7 Å². The summed E-state index contributed by atoms with van der Waals surface area (Å²) in [5.74, 6) is 0.0891. The molecule has 1 aliphatic heterocycles. The van der Waals surface area contributed by atoms with Crippen LogP contribution in [0.5, 0.6) is 0 Å². The summed E-state index contributed by atoms with van der Waals surface area (Å²) in [6.07, 6.45) is 2.68. The molecule has 1 aromatic heterocycles. The monoisotopic (exact) mass is 452 g/mol. The number of anilines is 1. The van der Waals surface area contributed by atoms with Crippen LogP contribution in [0.2, 0.25) is 0 Å².